The van der Waals surface area contributed by atoms with E-state index in [4.69, 9.17) is 23.2 Å². The van der Waals surface area contributed by atoms with E-state index in [0.717, 1.165) is 28.1 Å². The maximum atomic E-state index is 13.4. The van der Waals surface area contributed by atoms with E-state index >= 15 is 0 Å². The summed E-state index contributed by atoms with van der Waals surface area (Å²) in [5, 5.41) is 2.58. The number of benzene rings is 3. The molecule has 0 aliphatic heterocycles. The van der Waals surface area contributed by atoms with Gasteiger partial charge in [-0.3, -0.25) is 9.10 Å². The molecule has 3 rings (SSSR count). The summed E-state index contributed by atoms with van der Waals surface area (Å²) in [5.74, 6) is -0.860. The van der Waals surface area contributed by atoms with E-state index in [9.17, 15) is 26.4 Å². The predicted octanol–water partition coefficient (Wildman–Crippen LogP) is 6.15. The van der Waals surface area contributed by atoms with Crippen LogP contribution in [0.3, 0.4) is 0 Å². The number of halogens is 5. The minimum Gasteiger partial charge on any atom is -0.325 e. The van der Waals surface area contributed by atoms with Gasteiger partial charge < -0.3 is 5.32 Å². The summed E-state index contributed by atoms with van der Waals surface area (Å²) in [6, 6.07) is 14.0. The molecule has 0 aliphatic rings. The van der Waals surface area contributed by atoms with Crippen LogP contribution >= 0.6 is 23.2 Å². The van der Waals surface area contributed by atoms with Crippen LogP contribution in [-0.4, -0.2) is 20.9 Å². The minimum absolute atomic E-state index is 0.0206. The van der Waals surface area contributed by atoms with Crippen molar-refractivity contribution in [1.82, 2.24) is 0 Å². The van der Waals surface area contributed by atoms with Crippen molar-refractivity contribution >= 4 is 50.5 Å². The number of anilines is 2. The minimum atomic E-state index is -4.60. The highest BCUT2D eigenvalue weighted by Gasteiger charge is 2.31. The van der Waals surface area contributed by atoms with Crippen molar-refractivity contribution in [2.75, 3.05) is 16.2 Å². The summed E-state index contributed by atoms with van der Waals surface area (Å²) in [5.41, 5.74) is -0.237. The smallest absolute Gasteiger partial charge is 0.325 e. The number of carbonyl (C=O) groups is 1. The Morgan fingerprint density at radius 2 is 1.58 bits per heavy atom. The van der Waals surface area contributed by atoms with Crippen LogP contribution < -0.4 is 9.62 Å². The summed E-state index contributed by atoms with van der Waals surface area (Å²) >= 11 is 12.0. The number of aryl methyl sites for hydroxylation is 1. The van der Waals surface area contributed by atoms with Gasteiger partial charge in [0.15, 0.2) is 0 Å². The molecular formula is C22H17Cl2F3N2O3S. The van der Waals surface area contributed by atoms with Gasteiger partial charge in [-0.05, 0) is 55.5 Å². The molecule has 0 fully saturated rings. The lowest BCUT2D eigenvalue weighted by Crippen LogP contribution is -2.38. The van der Waals surface area contributed by atoms with Crippen molar-refractivity contribution in [1.29, 1.82) is 0 Å². The lowest BCUT2D eigenvalue weighted by molar-refractivity contribution is -0.137. The first kappa shape index (κ1) is 24.9. The van der Waals surface area contributed by atoms with Crippen LogP contribution in [-0.2, 0) is 21.0 Å². The monoisotopic (exact) mass is 516 g/mol. The number of carbonyl (C=O) groups excluding carboxylic acids is 1. The van der Waals surface area contributed by atoms with Gasteiger partial charge in [0.2, 0.25) is 5.91 Å². The third kappa shape index (κ3) is 6.19. The second-order valence-corrected chi connectivity index (χ2v) is 9.81. The molecule has 1 N–H and O–H groups in total. The van der Waals surface area contributed by atoms with E-state index in [-0.39, 0.29) is 26.3 Å². The average Bonchev–Trinajstić information content (AvgIpc) is 2.71. The fraction of sp³-hybridized carbons (Fsp3) is 0.136. The topological polar surface area (TPSA) is 66.5 Å². The number of amides is 1. The van der Waals surface area contributed by atoms with Crippen LogP contribution in [0.4, 0.5) is 24.5 Å². The van der Waals surface area contributed by atoms with E-state index in [1.807, 2.05) is 0 Å². The normalized spacial score (nSPS) is 11.8. The van der Waals surface area contributed by atoms with Crippen LogP contribution in [0.15, 0.2) is 71.6 Å². The Morgan fingerprint density at radius 3 is 2.15 bits per heavy atom. The second-order valence-electron chi connectivity index (χ2n) is 7.08. The summed E-state index contributed by atoms with van der Waals surface area (Å²) in [4.78, 5) is 12.6. The second kappa shape index (κ2) is 9.62. The highest BCUT2D eigenvalue weighted by molar-refractivity contribution is 7.92. The number of alkyl halides is 3. The SMILES string of the molecule is Cc1ccc(S(=O)(=O)N(CC(=O)Nc2cccc(C(F)(F)F)c2)c2cc(Cl)cc(Cl)c2)cc1. The van der Waals surface area contributed by atoms with Gasteiger partial charge in [0, 0.05) is 15.7 Å². The molecule has 0 saturated heterocycles. The Hall–Kier alpha value is -2.75. The average molecular weight is 517 g/mol. The molecule has 3 aromatic carbocycles. The van der Waals surface area contributed by atoms with Crippen LogP contribution in [0.2, 0.25) is 10.0 Å². The molecule has 0 aliphatic carbocycles. The van der Waals surface area contributed by atoms with E-state index in [0.29, 0.717) is 0 Å². The lowest BCUT2D eigenvalue weighted by atomic mass is 10.2. The Balaban J connectivity index is 1.96. The van der Waals surface area contributed by atoms with Crippen molar-refractivity contribution < 1.29 is 26.4 Å². The van der Waals surface area contributed by atoms with Gasteiger partial charge in [0.1, 0.15) is 6.54 Å². The molecule has 3 aromatic rings. The lowest BCUT2D eigenvalue weighted by Gasteiger charge is -2.24. The fourth-order valence-electron chi connectivity index (χ4n) is 2.94. The van der Waals surface area contributed by atoms with E-state index < -0.39 is 34.2 Å². The third-order valence-electron chi connectivity index (χ3n) is 4.51. The molecule has 0 radical (unpaired) electrons. The molecule has 11 heteroatoms. The van der Waals surface area contributed by atoms with Crippen LogP contribution in [0.1, 0.15) is 11.1 Å². The number of nitrogens with zero attached hydrogens (tertiary/aromatic N) is 1. The highest BCUT2D eigenvalue weighted by Crippen LogP contribution is 2.32. The highest BCUT2D eigenvalue weighted by atomic mass is 35.5. The molecule has 0 heterocycles. The molecule has 0 bridgehead atoms. The summed E-state index contributed by atoms with van der Waals surface area (Å²) in [7, 11) is -4.25. The van der Waals surface area contributed by atoms with Crippen molar-refractivity contribution in [3.05, 3.63) is 87.9 Å². The molecule has 0 saturated carbocycles. The zero-order chi connectivity index (χ0) is 24.4. The number of hydrogen-bond acceptors (Lipinski definition) is 3. The van der Waals surface area contributed by atoms with Crippen molar-refractivity contribution in [2.24, 2.45) is 0 Å². The summed E-state index contributed by atoms with van der Waals surface area (Å²) in [6.45, 7) is 1.05. The zero-order valence-electron chi connectivity index (χ0n) is 17.0. The van der Waals surface area contributed by atoms with Crippen LogP contribution in [0.5, 0.6) is 0 Å². The number of nitrogens with one attached hydrogen (secondary N) is 1. The van der Waals surface area contributed by atoms with E-state index in [2.05, 4.69) is 5.32 Å². The van der Waals surface area contributed by atoms with Crippen molar-refractivity contribution in [3.8, 4) is 0 Å². The molecule has 174 valence electrons. The molecule has 0 spiro atoms. The van der Waals surface area contributed by atoms with Crippen LogP contribution in [0.25, 0.3) is 0 Å². The zero-order valence-corrected chi connectivity index (χ0v) is 19.4. The number of hydrogen-bond donors (Lipinski definition) is 1. The van der Waals surface area contributed by atoms with Crippen molar-refractivity contribution in [3.63, 3.8) is 0 Å². The van der Waals surface area contributed by atoms with E-state index in [1.165, 1.54) is 36.4 Å². The van der Waals surface area contributed by atoms with Gasteiger partial charge in [0.25, 0.3) is 10.0 Å². The number of rotatable bonds is 6. The Kier molecular flexibility index (Phi) is 7.26. The van der Waals surface area contributed by atoms with E-state index in [1.54, 1.807) is 19.1 Å². The van der Waals surface area contributed by atoms with Gasteiger partial charge in [0.05, 0.1) is 16.1 Å². The molecule has 1 amide bonds. The molecule has 0 unspecified atom stereocenters. The maximum absolute atomic E-state index is 13.4. The van der Waals surface area contributed by atoms with Gasteiger partial charge in [-0.1, -0.05) is 47.0 Å². The Bertz CT molecular complexity index is 1260. The third-order valence-corrected chi connectivity index (χ3v) is 6.73. The molecule has 0 aromatic heterocycles. The summed E-state index contributed by atoms with van der Waals surface area (Å²) in [6.07, 6.45) is -4.60. The predicted molar refractivity (Wildman–Crippen MR) is 122 cm³/mol. The first-order chi connectivity index (χ1) is 15.4. The first-order valence-corrected chi connectivity index (χ1v) is 11.6. The van der Waals surface area contributed by atoms with Gasteiger partial charge >= 0.3 is 6.18 Å². The first-order valence-electron chi connectivity index (χ1n) is 9.39. The molecule has 0 atom stereocenters. The standard InChI is InChI=1S/C22H17Cl2F3N2O3S/c1-14-5-7-20(8-6-14)33(31,32)29(19-11-16(23)10-17(24)12-19)13-21(30)28-18-4-2-3-15(9-18)22(25,26)27/h2-12H,13H2,1H3,(H,28,30). The Morgan fingerprint density at radius 1 is 0.970 bits per heavy atom. The molecular weight excluding hydrogens is 500 g/mol. The van der Waals surface area contributed by atoms with Gasteiger partial charge in [-0.25, -0.2) is 8.42 Å². The fourth-order valence-corrected chi connectivity index (χ4v) is 4.86. The van der Waals surface area contributed by atoms with Crippen LogP contribution in [0, 0.1) is 6.92 Å². The van der Waals surface area contributed by atoms with Gasteiger partial charge in [-0.15, -0.1) is 0 Å². The Labute approximate surface area is 198 Å². The quantitative estimate of drug-likeness (QED) is 0.426. The van der Waals surface area contributed by atoms with Crippen molar-refractivity contribution in [2.45, 2.75) is 18.0 Å². The van der Waals surface area contributed by atoms with Gasteiger partial charge in [-0.2, -0.15) is 13.2 Å². The summed E-state index contributed by atoms with van der Waals surface area (Å²) < 4.78 is 66.4. The molecule has 5 nitrogen and oxygen atoms in total. The largest absolute Gasteiger partial charge is 0.416 e. The maximum Gasteiger partial charge on any atom is 0.416 e. The number of sulfonamides is 1. The molecule has 33 heavy (non-hydrogen) atoms.